The predicted molar refractivity (Wildman–Crippen MR) is 109 cm³/mol. The number of alkyl halides is 3. The Hall–Kier alpha value is -1.99. The van der Waals surface area contributed by atoms with E-state index < -0.39 is 37.1 Å². The number of rotatable bonds is 3. The molecule has 2 fully saturated rings. The van der Waals surface area contributed by atoms with Gasteiger partial charge in [-0.15, -0.1) is 0 Å². The number of halogens is 3. The van der Waals surface area contributed by atoms with Gasteiger partial charge in [-0.2, -0.15) is 17.5 Å². The van der Waals surface area contributed by atoms with E-state index in [-0.39, 0.29) is 48.9 Å². The summed E-state index contributed by atoms with van der Waals surface area (Å²) in [6, 6.07) is 6.38. The Morgan fingerprint density at radius 2 is 1.77 bits per heavy atom. The molecule has 170 valence electrons. The lowest BCUT2D eigenvalue weighted by atomic mass is 10.2. The van der Waals surface area contributed by atoms with Crippen LogP contribution in [0.1, 0.15) is 18.7 Å². The first-order valence-corrected chi connectivity index (χ1v) is 13.1. The summed E-state index contributed by atoms with van der Waals surface area (Å²) in [7, 11) is -7.18. The third-order valence-electron chi connectivity index (χ3n) is 5.56. The Bertz CT molecular complexity index is 1200. The molecule has 1 atom stereocenters. The Kier molecular flexibility index (Phi) is 5.63. The van der Waals surface area contributed by atoms with E-state index in [2.05, 4.69) is 9.97 Å². The minimum Gasteiger partial charge on any atom is -0.355 e. The molecule has 0 aliphatic carbocycles. The molecule has 2 aromatic rings. The number of aromatic nitrogens is 2. The van der Waals surface area contributed by atoms with Gasteiger partial charge in [0.05, 0.1) is 22.3 Å². The first kappa shape index (κ1) is 22.2. The van der Waals surface area contributed by atoms with Crippen LogP contribution in [0.4, 0.5) is 19.0 Å². The third-order valence-corrected chi connectivity index (χ3v) is 9.87. The van der Waals surface area contributed by atoms with Crippen LogP contribution in [-0.2, 0) is 26.0 Å². The van der Waals surface area contributed by atoms with Crippen LogP contribution in [0.15, 0.2) is 24.3 Å². The zero-order valence-corrected chi connectivity index (χ0v) is 18.0. The number of hydrogen-bond acceptors (Lipinski definition) is 7. The van der Waals surface area contributed by atoms with Crippen molar-refractivity contribution in [3.63, 3.8) is 0 Å². The van der Waals surface area contributed by atoms with E-state index >= 15 is 0 Å². The van der Waals surface area contributed by atoms with Gasteiger partial charge in [0.2, 0.25) is 15.8 Å². The molecule has 13 heteroatoms. The van der Waals surface area contributed by atoms with Crippen molar-refractivity contribution >= 4 is 36.6 Å². The lowest BCUT2D eigenvalue weighted by Gasteiger charge is -2.25. The average Bonchev–Trinajstić information content (AvgIpc) is 2.91. The van der Waals surface area contributed by atoms with Crippen LogP contribution < -0.4 is 4.90 Å². The standard InChI is InChI=1S/C18H21F3N4O4S2/c19-18(20,21)17-22-15-5-2-1-4-14(15)16(23-17)24-7-3-8-25(10-9-24)31(28,29)13-6-11-30(26,27)12-13/h1-2,4-5,13H,3,6-12H2. The van der Waals surface area contributed by atoms with Crippen molar-refractivity contribution in [3.05, 3.63) is 30.1 Å². The SMILES string of the molecule is O=S1(=O)CCC(S(=O)(=O)N2CCCN(c3nc(C(F)(F)F)nc4ccccc34)CC2)C1. The molecular weight excluding hydrogens is 457 g/mol. The van der Waals surface area contributed by atoms with Gasteiger partial charge in [0.15, 0.2) is 9.84 Å². The summed E-state index contributed by atoms with van der Waals surface area (Å²) in [4.78, 5) is 9.02. The molecule has 31 heavy (non-hydrogen) atoms. The highest BCUT2D eigenvalue weighted by Gasteiger charge is 2.41. The molecular formula is C18H21F3N4O4S2. The van der Waals surface area contributed by atoms with Crippen molar-refractivity contribution in [3.8, 4) is 0 Å². The molecule has 0 saturated carbocycles. The Morgan fingerprint density at radius 1 is 1.03 bits per heavy atom. The van der Waals surface area contributed by atoms with Crippen LogP contribution in [0.3, 0.4) is 0 Å². The highest BCUT2D eigenvalue weighted by molar-refractivity contribution is 7.95. The monoisotopic (exact) mass is 478 g/mol. The highest BCUT2D eigenvalue weighted by Crippen LogP contribution is 2.32. The summed E-state index contributed by atoms with van der Waals surface area (Å²) < 4.78 is 90.5. The number of para-hydroxylation sites is 1. The fourth-order valence-corrected chi connectivity index (χ4v) is 8.55. The first-order chi connectivity index (χ1) is 14.5. The van der Waals surface area contributed by atoms with Crippen molar-refractivity contribution in [2.24, 2.45) is 0 Å². The number of nitrogens with zero attached hydrogens (tertiary/aromatic N) is 4. The molecule has 2 aliphatic rings. The predicted octanol–water partition coefficient (Wildman–Crippen LogP) is 1.68. The van der Waals surface area contributed by atoms with Crippen LogP contribution in [0.5, 0.6) is 0 Å². The molecule has 0 radical (unpaired) electrons. The van der Waals surface area contributed by atoms with Crippen LogP contribution in [0.2, 0.25) is 0 Å². The van der Waals surface area contributed by atoms with Gasteiger partial charge in [-0.05, 0) is 25.0 Å². The molecule has 1 unspecified atom stereocenters. The van der Waals surface area contributed by atoms with Gasteiger partial charge in [0.25, 0.3) is 0 Å². The lowest BCUT2D eigenvalue weighted by molar-refractivity contribution is -0.144. The molecule has 1 aromatic heterocycles. The summed E-state index contributed by atoms with van der Waals surface area (Å²) >= 11 is 0. The van der Waals surface area contributed by atoms with Gasteiger partial charge in [0.1, 0.15) is 5.82 Å². The second-order valence-corrected chi connectivity index (χ2v) is 12.1. The Morgan fingerprint density at radius 3 is 2.45 bits per heavy atom. The van der Waals surface area contributed by atoms with Gasteiger partial charge in [-0.1, -0.05) is 12.1 Å². The second-order valence-electron chi connectivity index (χ2n) is 7.70. The Balaban J connectivity index is 1.62. The Labute approximate surface area is 178 Å². The molecule has 2 aliphatic heterocycles. The number of sulfonamides is 1. The van der Waals surface area contributed by atoms with Crippen molar-refractivity contribution in [2.45, 2.75) is 24.3 Å². The highest BCUT2D eigenvalue weighted by atomic mass is 32.2. The maximum Gasteiger partial charge on any atom is 0.451 e. The summed E-state index contributed by atoms with van der Waals surface area (Å²) in [5, 5.41) is -0.519. The zero-order valence-electron chi connectivity index (χ0n) is 16.4. The van der Waals surface area contributed by atoms with E-state index in [1.807, 2.05) is 0 Å². The number of benzene rings is 1. The van der Waals surface area contributed by atoms with Gasteiger partial charge in [-0.25, -0.2) is 26.8 Å². The van der Waals surface area contributed by atoms with Crippen LogP contribution >= 0.6 is 0 Å². The summed E-state index contributed by atoms with van der Waals surface area (Å²) in [6.45, 7) is 0.660. The number of sulfone groups is 1. The lowest BCUT2D eigenvalue weighted by Crippen LogP contribution is -2.41. The largest absolute Gasteiger partial charge is 0.451 e. The number of anilines is 1. The van der Waals surface area contributed by atoms with Crippen molar-refractivity contribution < 1.29 is 30.0 Å². The van der Waals surface area contributed by atoms with E-state index in [0.717, 1.165) is 0 Å². The summed E-state index contributed by atoms with van der Waals surface area (Å²) in [5.74, 6) is -1.67. The van der Waals surface area contributed by atoms with E-state index in [9.17, 15) is 30.0 Å². The van der Waals surface area contributed by atoms with E-state index in [1.165, 1.54) is 10.4 Å². The normalized spacial score (nSPS) is 23.2. The minimum atomic E-state index is -4.71. The van der Waals surface area contributed by atoms with Crippen molar-refractivity contribution in [1.29, 1.82) is 0 Å². The van der Waals surface area contributed by atoms with Crippen LogP contribution in [0.25, 0.3) is 10.9 Å². The minimum absolute atomic E-state index is 0.0402. The van der Waals surface area contributed by atoms with Crippen LogP contribution in [0, 0.1) is 0 Å². The van der Waals surface area contributed by atoms with Gasteiger partial charge in [0, 0.05) is 31.6 Å². The fraction of sp³-hybridized carbons (Fsp3) is 0.556. The smallest absolute Gasteiger partial charge is 0.355 e. The molecule has 0 amide bonds. The van der Waals surface area contributed by atoms with Gasteiger partial charge < -0.3 is 4.90 Å². The molecule has 0 N–H and O–H groups in total. The van der Waals surface area contributed by atoms with E-state index in [1.54, 1.807) is 23.1 Å². The summed E-state index contributed by atoms with van der Waals surface area (Å²) in [6.07, 6.45) is -4.28. The molecule has 0 bridgehead atoms. The molecule has 3 heterocycles. The summed E-state index contributed by atoms with van der Waals surface area (Å²) in [5.41, 5.74) is 0.157. The first-order valence-electron chi connectivity index (χ1n) is 9.76. The molecule has 1 aromatic carbocycles. The quantitative estimate of drug-likeness (QED) is 0.662. The van der Waals surface area contributed by atoms with Gasteiger partial charge in [-0.3, -0.25) is 0 Å². The zero-order chi connectivity index (χ0) is 22.4. The topological polar surface area (TPSA) is 101 Å². The molecule has 8 nitrogen and oxygen atoms in total. The number of fused-ring (bicyclic) bond motifs is 1. The second kappa shape index (κ2) is 7.85. The average molecular weight is 479 g/mol. The molecule has 2 saturated heterocycles. The molecule has 0 spiro atoms. The maximum absolute atomic E-state index is 13.3. The third kappa shape index (κ3) is 4.48. The van der Waals surface area contributed by atoms with Gasteiger partial charge >= 0.3 is 6.18 Å². The van der Waals surface area contributed by atoms with Crippen LogP contribution in [-0.4, -0.2) is 74.0 Å². The van der Waals surface area contributed by atoms with E-state index in [4.69, 9.17) is 0 Å². The molecule has 4 rings (SSSR count). The van der Waals surface area contributed by atoms with E-state index in [0.29, 0.717) is 18.4 Å². The van der Waals surface area contributed by atoms with Crippen molar-refractivity contribution in [2.75, 3.05) is 42.6 Å². The maximum atomic E-state index is 13.3. The number of hydrogen-bond donors (Lipinski definition) is 0. The fourth-order valence-electron chi connectivity index (χ4n) is 3.99. The van der Waals surface area contributed by atoms with Crippen molar-refractivity contribution in [1.82, 2.24) is 14.3 Å².